The Morgan fingerprint density at radius 2 is 1.77 bits per heavy atom. The van der Waals surface area contributed by atoms with Crippen LogP contribution in [0, 0.1) is 24.7 Å². The number of fused-ring (bicyclic) bond motifs is 1. The first-order valence-electron chi connectivity index (χ1n) is 13.7. The molecule has 0 aliphatic carbocycles. The van der Waals surface area contributed by atoms with Crippen molar-refractivity contribution in [2.24, 2.45) is 0 Å². The zero-order chi connectivity index (χ0) is 32.1. The molecule has 11 heteroatoms. The summed E-state index contributed by atoms with van der Waals surface area (Å²) in [6, 6.07) is 16.6. The maximum Gasteiger partial charge on any atom is 0.406 e. The Morgan fingerprint density at radius 1 is 1.07 bits per heavy atom. The molecule has 1 fully saturated rings. The minimum Gasteiger partial charge on any atom is -0.495 e. The van der Waals surface area contributed by atoms with Crippen LogP contribution in [0.5, 0.6) is 5.75 Å². The Morgan fingerprint density at radius 3 is 2.43 bits per heavy atom. The van der Waals surface area contributed by atoms with Crippen molar-refractivity contribution in [2.75, 3.05) is 48.0 Å². The van der Waals surface area contributed by atoms with Crippen molar-refractivity contribution in [3.63, 3.8) is 0 Å². The number of rotatable bonds is 7. The molecular weight excluding hydrogens is 569 g/mol. The summed E-state index contributed by atoms with van der Waals surface area (Å²) in [5, 5.41) is 7.45. The molecule has 0 saturated carbocycles. The van der Waals surface area contributed by atoms with Crippen LogP contribution in [0.2, 0.25) is 0 Å². The number of nitrogens with zero attached hydrogens (tertiary/aromatic N) is 3. The van der Waals surface area contributed by atoms with Gasteiger partial charge in [-0.15, -0.1) is 12.8 Å². The van der Waals surface area contributed by atoms with Crippen LogP contribution < -0.4 is 26.0 Å². The van der Waals surface area contributed by atoms with Gasteiger partial charge in [-0.05, 0) is 61.2 Å². The lowest BCUT2D eigenvalue weighted by molar-refractivity contribution is -0.140. The molecular formula is C33H35F3N6O2. The molecule has 4 aromatic rings. The second kappa shape index (κ2) is 15.8. The van der Waals surface area contributed by atoms with Gasteiger partial charge in [-0.25, -0.2) is 0 Å². The first kappa shape index (κ1) is 33.2. The molecule has 0 amide bonds. The van der Waals surface area contributed by atoms with E-state index in [1.54, 1.807) is 48.8 Å². The quantitative estimate of drug-likeness (QED) is 0.181. The number of piperidine rings is 1. The lowest BCUT2D eigenvalue weighted by Gasteiger charge is -2.34. The van der Waals surface area contributed by atoms with E-state index in [0.717, 1.165) is 42.7 Å². The maximum atomic E-state index is 13.6. The SMILES string of the molecule is C#C.C=O.COc1cc(N)ccc1NCC#Cc1cc2c(NC3CCN(c4ccncc4)CC3)cccc2n1CC(F)(F)F. The highest BCUT2D eigenvalue weighted by Gasteiger charge is 2.30. The van der Waals surface area contributed by atoms with Crippen LogP contribution in [0.3, 0.4) is 0 Å². The second-order valence-corrected chi connectivity index (χ2v) is 9.70. The highest BCUT2D eigenvalue weighted by molar-refractivity contribution is 5.94. The molecule has 2 aromatic heterocycles. The Hall–Kier alpha value is -5.29. The summed E-state index contributed by atoms with van der Waals surface area (Å²) < 4.78 is 47.3. The predicted molar refractivity (Wildman–Crippen MR) is 171 cm³/mol. The average Bonchev–Trinajstić information content (AvgIpc) is 3.39. The number of ether oxygens (including phenoxy) is 1. The summed E-state index contributed by atoms with van der Waals surface area (Å²) in [6.45, 7) is 2.87. The van der Waals surface area contributed by atoms with Gasteiger partial charge < -0.3 is 35.4 Å². The van der Waals surface area contributed by atoms with Crippen LogP contribution in [-0.2, 0) is 11.3 Å². The summed E-state index contributed by atoms with van der Waals surface area (Å²) in [4.78, 5) is 14.4. The molecule has 1 aliphatic rings. The number of nitrogens with two attached hydrogens (primary N) is 1. The zero-order valence-corrected chi connectivity index (χ0v) is 24.4. The van der Waals surface area contributed by atoms with Crippen LogP contribution in [-0.4, -0.2) is 55.3 Å². The number of hydrogen-bond acceptors (Lipinski definition) is 7. The second-order valence-electron chi connectivity index (χ2n) is 9.70. The number of carbonyl (C=O) groups excluding carboxylic acids is 1. The first-order chi connectivity index (χ1) is 21.3. The van der Waals surface area contributed by atoms with Crippen LogP contribution >= 0.6 is 0 Å². The molecule has 0 radical (unpaired) electrons. The number of benzene rings is 2. The molecule has 1 saturated heterocycles. The highest BCUT2D eigenvalue weighted by atomic mass is 19.4. The van der Waals surface area contributed by atoms with Crippen molar-refractivity contribution >= 4 is 40.4 Å². The largest absolute Gasteiger partial charge is 0.495 e. The summed E-state index contributed by atoms with van der Waals surface area (Å²) >= 11 is 0. The van der Waals surface area contributed by atoms with Gasteiger partial charge in [-0.1, -0.05) is 12.0 Å². The van der Waals surface area contributed by atoms with Gasteiger partial charge in [0.2, 0.25) is 0 Å². The molecule has 2 aromatic carbocycles. The highest BCUT2D eigenvalue weighted by Crippen LogP contribution is 2.32. The molecule has 44 heavy (non-hydrogen) atoms. The number of nitrogen functional groups attached to an aromatic ring is 1. The van der Waals surface area contributed by atoms with Gasteiger partial charge in [-0.2, -0.15) is 13.2 Å². The Kier molecular flexibility index (Phi) is 11.9. The van der Waals surface area contributed by atoms with Gasteiger partial charge in [0.25, 0.3) is 0 Å². The molecule has 0 unspecified atom stereocenters. The van der Waals surface area contributed by atoms with Gasteiger partial charge in [0, 0.05) is 60.0 Å². The summed E-state index contributed by atoms with van der Waals surface area (Å²) in [5.74, 6) is 6.47. The summed E-state index contributed by atoms with van der Waals surface area (Å²) in [6.07, 6.45) is 9.01. The number of hydrogen-bond donors (Lipinski definition) is 3. The van der Waals surface area contributed by atoms with E-state index in [0.29, 0.717) is 28.3 Å². The fourth-order valence-corrected chi connectivity index (χ4v) is 5.05. The number of terminal acetylenes is 1. The molecule has 0 spiro atoms. The fraction of sp³-hybridized carbons (Fsp3) is 0.273. The van der Waals surface area contributed by atoms with E-state index < -0.39 is 12.7 Å². The number of anilines is 4. The van der Waals surface area contributed by atoms with E-state index >= 15 is 0 Å². The third kappa shape index (κ3) is 8.62. The standard InChI is InChI=1S/C30H31F3N6O.C2H2.CH2O/c1-40-29-18-21(34)7-8-27(29)36-13-3-4-24-19-25-26(5-2-6-28(25)39(24)20-30(31,32)33)37-22-11-16-38(17-12-22)23-9-14-35-15-10-23;2*1-2/h2,5-10,14-15,18-19,22,36-37H,11-13,16-17,20,34H2,1H3;1-2H;1H2. The third-order valence-electron chi connectivity index (χ3n) is 6.97. The number of nitrogens with one attached hydrogen (secondary N) is 2. The molecule has 3 heterocycles. The normalized spacial score (nSPS) is 12.9. The monoisotopic (exact) mass is 604 g/mol. The number of pyridine rings is 1. The van der Waals surface area contributed by atoms with Crippen molar-refractivity contribution in [2.45, 2.75) is 31.6 Å². The van der Waals surface area contributed by atoms with Crippen LogP contribution in [0.15, 0.2) is 67.0 Å². The molecule has 0 atom stereocenters. The number of methoxy groups -OCH3 is 1. The minimum atomic E-state index is -4.39. The van der Waals surface area contributed by atoms with Gasteiger partial charge in [0.15, 0.2) is 0 Å². The van der Waals surface area contributed by atoms with Crippen LogP contribution in [0.1, 0.15) is 18.5 Å². The average molecular weight is 605 g/mol. The smallest absolute Gasteiger partial charge is 0.406 e. The number of halogens is 3. The predicted octanol–water partition coefficient (Wildman–Crippen LogP) is 5.80. The van der Waals surface area contributed by atoms with Gasteiger partial charge in [-0.3, -0.25) is 4.98 Å². The summed E-state index contributed by atoms with van der Waals surface area (Å²) in [5.41, 5.74) is 9.82. The Bertz CT molecular complexity index is 1580. The lowest BCUT2D eigenvalue weighted by atomic mass is 10.0. The van der Waals surface area contributed by atoms with Gasteiger partial charge in [0.05, 0.1) is 30.6 Å². The van der Waals surface area contributed by atoms with Gasteiger partial charge in [0.1, 0.15) is 19.1 Å². The van der Waals surface area contributed by atoms with E-state index in [9.17, 15) is 13.2 Å². The van der Waals surface area contributed by atoms with Crippen molar-refractivity contribution in [3.05, 3.63) is 72.7 Å². The number of alkyl halides is 3. The van der Waals surface area contributed by atoms with Crippen LogP contribution in [0.25, 0.3) is 10.9 Å². The Balaban J connectivity index is 0.00000127. The molecule has 4 N–H and O–H groups in total. The van der Waals surface area contributed by atoms with Crippen molar-refractivity contribution in [3.8, 4) is 30.4 Å². The van der Waals surface area contributed by atoms with E-state index in [-0.39, 0.29) is 12.6 Å². The summed E-state index contributed by atoms with van der Waals surface area (Å²) in [7, 11) is 1.54. The number of aromatic nitrogens is 2. The van der Waals surface area contributed by atoms with E-state index in [4.69, 9.17) is 15.3 Å². The van der Waals surface area contributed by atoms with Crippen molar-refractivity contribution in [1.29, 1.82) is 0 Å². The lowest BCUT2D eigenvalue weighted by Crippen LogP contribution is -2.39. The van der Waals surface area contributed by atoms with E-state index in [2.05, 4.69) is 45.2 Å². The third-order valence-corrected chi connectivity index (χ3v) is 6.97. The fourth-order valence-electron chi connectivity index (χ4n) is 5.05. The van der Waals surface area contributed by atoms with Crippen molar-refractivity contribution in [1.82, 2.24) is 9.55 Å². The topological polar surface area (TPSA) is 97.4 Å². The molecule has 1 aliphatic heterocycles. The Labute approximate surface area is 255 Å². The minimum absolute atomic E-state index is 0.211. The first-order valence-corrected chi connectivity index (χ1v) is 13.7. The molecule has 230 valence electrons. The van der Waals surface area contributed by atoms with Gasteiger partial charge >= 0.3 is 6.18 Å². The van der Waals surface area contributed by atoms with E-state index in [1.165, 1.54) is 11.7 Å². The van der Waals surface area contributed by atoms with Crippen LogP contribution in [0.4, 0.5) is 35.9 Å². The molecule has 5 rings (SSSR count). The zero-order valence-electron chi connectivity index (χ0n) is 24.4. The maximum absolute atomic E-state index is 13.6. The number of carbonyl (C=O) groups is 1. The molecule has 8 nitrogen and oxygen atoms in total. The molecule has 0 bridgehead atoms. The van der Waals surface area contributed by atoms with E-state index in [1.807, 2.05) is 25.0 Å². The van der Waals surface area contributed by atoms with Crippen molar-refractivity contribution < 1.29 is 22.7 Å².